The summed E-state index contributed by atoms with van der Waals surface area (Å²) in [6.07, 6.45) is 9.94. The number of ketones is 3. The standard InChI is InChI=1S/C46H28N6O2.C24H14Br2N2.C17H19BN2O3.S9.S2.22H2/c53-45(37-11-5-7-23-47-37)39-19-15-31(27-49-39)29-17-21-43-35(25-29)33-9-1-3-13-41(33)51(43)52-42-14-4-2-10-34(42)36-26-30(18-22-44(36)52)32-16-20-40(50-28-32)46(54)38-12-6-8-24-48-38;25-15-9-11-23-19(13-15)17-5-1-3-7-21(17)27(23)28-22-8-4-2-6-18(22)20-14-16(26)10-12-24(20)28;1-16(2)17(3,4)23-18(22-16)12-8-9-14(20-11-12)15(21)13-7-5-6-10-19-13;1-3-5-7-9-8-6-4-2;1-2;;;;;;;;;;;;;;;;;;;;;;/h1-28H;1-14H;5-11H,1-4H3;;;22*1H. The smallest absolute Gasteiger partial charge is 0.399 e. The van der Waals surface area contributed by atoms with Crippen LogP contribution < -0.4 is 5.46 Å². The number of nitrogens with zero attached hydrogens (tertiary/aromatic N) is 10. The Morgan fingerprint density at radius 3 is 0.922 bits per heavy atom. The maximum Gasteiger partial charge on any atom is 0.496 e. The number of halogens is 2. The molecule has 19 rings (SSSR count). The van der Waals surface area contributed by atoms with Crippen molar-refractivity contribution in [1.82, 2.24) is 48.6 Å². The van der Waals surface area contributed by atoms with E-state index in [4.69, 9.17) is 9.31 Å². The highest BCUT2D eigenvalue weighted by atomic mass is 79.9. The Labute approximate surface area is 755 Å². The number of fused-ring (bicyclic) bond motifs is 12. The molecule has 0 unspecified atom stereocenters. The van der Waals surface area contributed by atoms with Crippen molar-refractivity contribution in [2.24, 2.45) is 0 Å². The number of carbonyl (C=O) groups is 3. The van der Waals surface area contributed by atoms with Crippen LogP contribution in [-0.4, -0.2) is 84.3 Å². The summed E-state index contributed by atoms with van der Waals surface area (Å²) in [6.45, 7) is 8.00. The van der Waals surface area contributed by atoms with Crippen molar-refractivity contribution < 1.29 is 55.1 Å². The van der Waals surface area contributed by atoms with Gasteiger partial charge in [-0.15, -0.1) is 0 Å². The summed E-state index contributed by atoms with van der Waals surface area (Å²) in [6, 6.07) is 86.8. The van der Waals surface area contributed by atoms with Gasteiger partial charge < -0.3 is 9.31 Å². The van der Waals surface area contributed by atoms with Crippen LogP contribution in [0.2, 0.25) is 0 Å². The largest absolute Gasteiger partial charge is 0.496 e. The second kappa shape index (κ2) is 36.4. The lowest BCUT2D eigenvalue weighted by Gasteiger charge is -2.32. The van der Waals surface area contributed by atoms with E-state index in [9.17, 15) is 14.4 Å². The Kier molecular flexibility index (Phi) is 25.5. The first kappa shape index (κ1) is 81.4. The first-order valence-corrected chi connectivity index (χ1v) is 49.3. The number of para-hydroxylation sites is 4. The maximum absolute atomic E-state index is 12.9. The van der Waals surface area contributed by atoms with Crippen molar-refractivity contribution >= 4 is 256 Å². The zero-order chi connectivity index (χ0) is 80.6. The minimum atomic E-state index is -0.480. The number of aromatic nitrogens is 10. The first-order valence-electron chi connectivity index (χ1n) is 35.7. The molecular weight excluding hydrogens is 1790 g/mol. The molecular formula is C87H105BBr2N10O5S11. The van der Waals surface area contributed by atoms with Gasteiger partial charge in [-0.3, -0.25) is 44.3 Å². The SMILES string of the molecule is Brc1ccc2c(c1)c1ccccc1n2-n1c2ccccc2c2cc(Br)ccc21.CC1(C)OB(c2ccc(C(=O)c3ccccn3)nc2)OC1(C)C.O=C(c1ccccn1)c1ccc(-c2ccc3c(c2)c2ccccc2n3-n2c3ccccc3c3cc(-c4ccc(C(=O)c5ccccn5)nc4)ccc32)cn1.S=S.S=S=S=S=S=S=S=S=S.[HH].[HH].[HH].[HH].[HH].[HH].[HH].[HH].[HH].[HH].[HH].[HH].[HH].[HH].[HH].[HH].[HH].[HH].[HH].[HH].[HH].[HH]. The van der Waals surface area contributed by atoms with Crippen LogP contribution in [0.15, 0.2) is 307 Å². The summed E-state index contributed by atoms with van der Waals surface area (Å²) in [5.74, 6) is -0.616. The molecule has 18 aromatic rings. The van der Waals surface area contributed by atoms with E-state index in [-0.39, 0.29) is 48.7 Å². The number of rotatable bonds is 11. The minimum absolute atomic E-state index is 0. The topological polar surface area (TPSA) is 167 Å². The van der Waals surface area contributed by atoms with Crippen molar-refractivity contribution in [3.63, 3.8) is 0 Å². The Morgan fingerprint density at radius 1 is 0.328 bits per heavy atom. The van der Waals surface area contributed by atoms with Gasteiger partial charge in [0.2, 0.25) is 17.3 Å². The fourth-order valence-corrected chi connectivity index (χ4v) is 28.4. The Morgan fingerprint density at radius 2 is 0.612 bits per heavy atom. The van der Waals surface area contributed by atoms with Gasteiger partial charge in [0.05, 0.1) is 55.3 Å². The lowest BCUT2D eigenvalue weighted by molar-refractivity contribution is 0.00578. The monoisotopic (exact) mass is 1890 g/mol. The molecule has 1 saturated heterocycles. The number of hydrogen-bond acceptors (Lipinski definition) is 15. The first-order chi connectivity index (χ1) is 56.6. The lowest BCUT2D eigenvalue weighted by Crippen LogP contribution is -2.41. The van der Waals surface area contributed by atoms with Gasteiger partial charge in [-0.2, -0.15) is 0 Å². The highest BCUT2D eigenvalue weighted by Crippen LogP contribution is 2.41. The van der Waals surface area contributed by atoms with Gasteiger partial charge in [-0.1, -0.05) is 153 Å². The average molecular weight is 1890 g/mol. The quantitative estimate of drug-likeness (QED) is 0.0886. The fraction of sp³-hybridized carbons (Fsp3) is 0.0690. The van der Waals surface area contributed by atoms with Gasteiger partial charge in [0.15, 0.2) is 0 Å². The zero-order valence-corrected chi connectivity index (χ0v) is 73.8. The van der Waals surface area contributed by atoms with Crippen molar-refractivity contribution in [1.29, 1.82) is 0 Å². The Hall–Kier alpha value is -9.77. The molecule has 0 atom stereocenters. The molecule has 0 N–H and O–H groups in total. The molecule has 11 heterocycles. The predicted molar refractivity (Wildman–Crippen MR) is 552 cm³/mol. The minimum Gasteiger partial charge on any atom is -0.399 e. The van der Waals surface area contributed by atoms with Crippen LogP contribution in [0.3, 0.4) is 0 Å². The van der Waals surface area contributed by atoms with E-state index in [0.29, 0.717) is 34.2 Å². The van der Waals surface area contributed by atoms with Crippen LogP contribution in [0.25, 0.3) is 109 Å². The summed E-state index contributed by atoms with van der Waals surface area (Å²) in [5.41, 5.74) is 15.0. The zero-order valence-electron chi connectivity index (χ0n) is 61.6. The van der Waals surface area contributed by atoms with E-state index in [2.05, 4.69) is 295 Å². The molecule has 0 saturated carbocycles. The van der Waals surface area contributed by atoms with E-state index >= 15 is 0 Å². The van der Waals surface area contributed by atoms with Crippen molar-refractivity contribution in [3.05, 3.63) is 341 Å². The van der Waals surface area contributed by atoms with Crippen molar-refractivity contribution in [2.75, 3.05) is 0 Å². The molecule has 0 radical (unpaired) electrons. The maximum atomic E-state index is 12.9. The molecule has 0 amide bonds. The number of benzene rings is 8. The third kappa shape index (κ3) is 16.8. The highest BCUT2D eigenvalue weighted by Gasteiger charge is 2.52. The highest BCUT2D eigenvalue weighted by molar-refractivity contribution is 9.10. The molecule has 1 aliphatic heterocycles. The molecule has 8 aromatic carbocycles. The molecule has 616 valence electrons. The third-order valence-electron chi connectivity index (χ3n) is 20.0. The second-order valence-corrected chi connectivity index (χ2v) is 41.4. The summed E-state index contributed by atoms with van der Waals surface area (Å²) in [5, 5.41) is 9.44. The summed E-state index contributed by atoms with van der Waals surface area (Å²) in [7, 11) is 10.4. The van der Waals surface area contributed by atoms with E-state index < -0.39 is 18.3 Å². The number of carbonyl (C=O) groups excluding carboxylic acids is 3. The molecule has 116 heavy (non-hydrogen) atoms. The van der Waals surface area contributed by atoms with Gasteiger partial charge in [0, 0.05) is 244 Å². The van der Waals surface area contributed by atoms with Crippen LogP contribution >= 0.6 is 31.9 Å². The van der Waals surface area contributed by atoms with E-state index in [1.165, 1.54) is 61.4 Å². The normalized spacial score (nSPS) is 12.5. The fourth-order valence-electron chi connectivity index (χ4n) is 14.0. The molecule has 29 heteroatoms. The predicted octanol–water partition coefficient (Wildman–Crippen LogP) is 24.7. The van der Waals surface area contributed by atoms with E-state index in [1.54, 1.807) is 154 Å². The van der Waals surface area contributed by atoms with Crippen LogP contribution in [0.1, 0.15) is 108 Å². The molecule has 0 bridgehead atoms. The molecule has 0 aliphatic carbocycles. The lowest BCUT2D eigenvalue weighted by atomic mass is 9.80. The molecule has 1 aliphatic rings. The van der Waals surface area contributed by atoms with E-state index in [0.717, 1.165) is 80.3 Å². The second-order valence-electron chi connectivity index (χ2n) is 27.1. The van der Waals surface area contributed by atoms with Crippen molar-refractivity contribution in [2.45, 2.75) is 38.9 Å². The van der Waals surface area contributed by atoms with E-state index in [1.807, 2.05) is 45.9 Å². The number of hydrogen-bond donors (Lipinski definition) is 0. The Balaban J connectivity index is -0.000000290. The number of pyridine rings is 6. The average Bonchev–Trinajstić information content (AvgIpc) is 1.57. The van der Waals surface area contributed by atoms with Gasteiger partial charge in [0.25, 0.3) is 0 Å². The van der Waals surface area contributed by atoms with Crippen LogP contribution in [0.4, 0.5) is 0 Å². The van der Waals surface area contributed by atoms with Crippen molar-refractivity contribution in [3.8, 4) is 22.3 Å². The summed E-state index contributed by atoms with van der Waals surface area (Å²) >= 11 is 23.9. The molecule has 1 fully saturated rings. The van der Waals surface area contributed by atoms with Crippen LogP contribution in [-0.2, 0) is 116 Å². The van der Waals surface area contributed by atoms with Gasteiger partial charge in [-0.25, -0.2) is 18.7 Å². The molecule has 10 aromatic heterocycles. The van der Waals surface area contributed by atoms with Gasteiger partial charge >= 0.3 is 7.12 Å². The summed E-state index contributed by atoms with van der Waals surface area (Å²) in [4.78, 5) is 63.9. The molecule has 15 nitrogen and oxygen atoms in total. The van der Waals surface area contributed by atoms with Crippen LogP contribution in [0.5, 0.6) is 0 Å². The third-order valence-corrected chi connectivity index (χ3v) is 34.3. The van der Waals surface area contributed by atoms with Gasteiger partial charge in [-0.05, 0) is 178 Å². The molecule has 0 spiro atoms. The Bertz CT molecular complexity index is 6900. The van der Waals surface area contributed by atoms with Crippen LogP contribution in [0, 0.1) is 0 Å². The summed E-state index contributed by atoms with van der Waals surface area (Å²) < 4.78 is 23.4. The van der Waals surface area contributed by atoms with Gasteiger partial charge in [0.1, 0.15) is 34.2 Å².